The van der Waals surface area contributed by atoms with Gasteiger partial charge in [0, 0.05) is 19.7 Å². The number of aryl methyl sites for hydroxylation is 1. The Labute approximate surface area is 188 Å². The molecular weight excluding hydrogens is 384 g/mol. The first-order valence-electron chi connectivity index (χ1n) is 12.4. The number of allylic oxidation sites excluding steroid dienone is 1. The van der Waals surface area contributed by atoms with Crippen LogP contribution in [0.3, 0.4) is 0 Å². The third-order valence-corrected chi connectivity index (χ3v) is 9.90. The van der Waals surface area contributed by atoms with E-state index < -0.39 is 0 Å². The minimum absolute atomic E-state index is 0.104. The van der Waals surface area contributed by atoms with E-state index in [0.717, 1.165) is 37.2 Å². The number of aliphatic hydroxyl groups is 1. The van der Waals surface area contributed by atoms with Crippen LogP contribution in [0.2, 0.25) is 0 Å². The van der Waals surface area contributed by atoms with Gasteiger partial charge in [-0.2, -0.15) is 5.10 Å². The lowest BCUT2D eigenvalue weighted by atomic mass is 9.44. The molecule has 0 bridgehead atoms. The topological polar surface area (TPSA) is 55.1 Å². The second-order valence-corrected chi connectivity index (χ2v) is 11.9. The average Bonchev–Trinajstić information content (AvgIpc) is 3.15. The summed E-state index contributed by atoms with van der Waals surface area (Å²) in [5, 5.41) is 16.1. The maximum Gasteiger partial charge on any atom is 0.119 e. The Kier molecular flexibility index (Phi) is 5.77. The largest absolute Gasteiger partial charge is 0.393 e. The minimum atomic E-state index is -0.175. The summed E-state index contributed by atoms with van der Waals surface area (Å²) in [6.07, 6.45) is 14.1. The quantitative estimate of drug-likeness (QED) is 0.628. The zero-order valence-corrected chi connectivity index (χ0v) is 20.4. The summed E-state index contributed by atoms with van der Waals surface area (Å²) in [6.45, 7) is 11.8. The molecule has 1 aromatic rings. The second kappa shape index (κ2) is 7.86. The van der Waals surface area contributed by atoms with E-state index in [9.17, 15) is 9.90 Å². The molecule has 1 N–H and O–H groups in total. The van der Waals surface area contributed by atoms with Crippen LogP contribution in [0.25, 0.3) is 6.08 Å². The molecule has 4 aliphatic rings. The van der Waals surface area contributed by atoms with E-state index in [2.05, 4.69) is 45.1 Å². The van der Waals surface area contributed by atoms with Crippen LogP contribution in [0.5, 0.6) is 0 Å². The molecule has 6 unspecified atom stereocenters. The summed E-state index contributed by atoms with van der Waals surface area (Å²) in [5.74, 6) is 1.85. The highest BCUT2D eigenvalue weighted by molar-refractivity contribution is 5.59. The number of aromatic nitrogens is 2. The van der Waals surface area contributed by atoms with Gasteiger partial charge < -0.3 is 9.90 Å². The molecule has 0 aromatic carbocycles. The number of carbonyl (C=O) groups excluding carboxylic acids is 1. The highest BCUT2D eigenvalue weighted by atomic mass is 16.3. The lowest BCUT2D eigenvalue weighted by molar-refractivity contribution is -0.137. The fraction of sp³-hybridized carbons (Fsp3) is 0.778. The maximum atomic E-state index is 11.5. The highest BCUT2D eigenvalue weighted by Gasteiger charge is 2.63. The summed E-state index contributed by atoms with van der Waals surface area (Å²) in [5.41, 5.74) is 4.82. The fourth-order valence-electron chi connectivity index (χ4n) is 7.89. The number of unbranched alkanes of at least 4 members (excludes halogenated alkanes) is 1. The van der Waals surface area contributed by atoms with E-state index in [1.54, 1.807) is 5.57 Å². The molecule has 31 heavy (non-hydrogen) atoms. The predicted octanol–water partition coefficient (Wildman–Crippen LogP) is 5.58. The molecule has 3 fully saturated rings. The monoisotopic (exact) mass is 426 g/mol. The summed E-state index contributed by atoms with van der Waals surface area (Å²) in [4.78, 5) is 9.40. The highest BCUT2D eigenvalue weighted by Crippen LogP contribution is 2.69. The molecule has 3 saturated carbocycles. The van der Waals surface area contributed by atoms with Crippen LogP contribution in [0.15, 0.2) is 11.8 Å². The first-order chi connectivity index (χ1) is 14.6. The van der Waals surface area contributed by atoms with Gasteiger partial charge in [0.15, 0.2) is 0 Å². The third-order valence-electron chi connectivity index (χ3n) is 9.90. The maximum absolute atomic E-state index is 11.5. The van der Waals surface area contributed by atoms with Crippen LogP contribution in [0.1, 0.15) is 90.8 Å². The normalized spacial score (nSPS) is 39.8. The van der Waals surface area contributed by atoms with Crippen molar-refractivity contribution in [3.63, 3.8) is 0 Å². The van der Waals surface area contributed by atoms with Crippen molar-refractivity contribution in [2.75, 3.05) is 0 Å². The van der Waals surface area contributed by atoms with Crippen LogP contribution in [-0.4, -0.2) is 27.3 Å². The van der Waals surface area contributed by atoms with Crippen LogP contribution in [0, 0.1) is 34.0 Å². The minimum Gasteiger partial charge on any atom is -0.393 e. The zero-order chi connectivity index (χ0) is 22.6. The van der Waals surface area contributed by atoms with Gasteiger partial charge in [-0.3, -0.25) is 4.68 Å². The van der Waals surface area contributed by atoms with E-state index in [1.165, 1.54) is 31.2 Å². The molecule has 0 saturated heterocycles. The molecule has 6 atom stereocenters. The second-order valence-electron chi connectivity index (χ2n) is 11.9. The van der Waals surface area contributed by atoms with E-state index in [4.69, 9.17) is 0 Å². The van der Waals surface area contributed by atoms with Crippen LogP contribution < -0.4 is 0 Å². The predicted molar refractivity (Wildman–Crippen MR) is 125 cm³/mol. The van der Waals surface area contributed by atoms with E-state index in [1.807, 2.05) is 18.7 Å². The molecule has 4 aliphatic carbocycles. The SMILES string of the molecule is CCCC=O.Cn1cc2c(n1)C=C1CCC3C(C(O)CC4(C)C3CCC4(C)C)C1(C)C2. The van der Waals surface area contributed by atoms with Crippen molar-refractivity contribution in [1.82, 2.24) is 9.78 Å². The fourth-order valence-corrected chi connectivity index (χ4v) is 7.89. The van der Waals surface area contributed by atoms with Crippen molar-refractivity contribution in [2.24, 2.45) is 41.0 Å². The van der Waals surface area contributed by atoms with Gasteiger partial charge in [0.25, 0.3) is 0 Å². The van der Waals surface area contributed by atoms with E-state index in [0.29, 0.717) is 29.1 Å². The average molecular weight is 427 g/mol. The summed E-state index contributed by atoms with van der Waals surface area (Å²) < 4.78 is 1.95. The number of hydrogen-bond acceptors (Lipinski definition) is 3. The standard InChI is InChI=1S/C23H34N2O.C4H8O/c1-21(2)9-8-17-16-7-6-15-10-18-14(13-25(5)24-18)11-22(15,3)20(16)19(26)12-23(17,21)4;1-2-3-4-5/h10,13,16-17,19-20,26H,6-9,11-12H2,1-5H3;4H,2-3H2,1H3. The van der Waals surface area contributed by atoms with E-state index >= 15 is 0 Å². The Hall–Kier alpha value is -1.42. The van der Waals surface area contributed by atoms with Crippen molar-refractivity contribution in [3.05, 3.63) is 23.0 Å². The molecule has 1 aromatic heterocycles. The van der Waals surface area contributed by atoms with Crippen molar-refractivity contribution in [1.29, 1.82) is 0 Å². The molecule has 5 rings (SSSR count). The molecular formula is C27H42N2O2. The molecule has 0 amide bonds. The smallest absolute Gasteiger partial charge is 0.119 e. The van der Waals surface area contributed by atoms with Gasteiger partial charge in [-0.1, -0.05) is 40.2 Å². The third kappa shape index (κ3) is 3.44. The number of nitrogens with zero attached hydrogens (tertiary/aromatic N) is 2. The van der Waals surface area contributed by atoms with Gasteiger partial charge in [-0.25, -0.2) is 0 Å². The number of aliphatic hydroxyl groups excluding tert-OH is 1. The summed E-state index contributed by atoms with van der Waals surface area (Å²) in [6, 6.07) is 0. The zero-order valence-electron chi connectivity index (χ0n) is 20.4. The Balaban J connectivity index is 0.000000418. The van der Waals surface area contributed by atoms with Crippen molar-refractivity contribution >= 4 is 12.4 Å². The summed E-state index contributed by atoms with van der Waals surface area (Å²) >= 11 is 0. The Morgan fingerprint density at radius 3 is 2.65 bits per heavy atom. The van der Waals surface area contributed by atoms with Crippen molar-refractivity contribution in [2.45, 2.75) is 92.1 Å². The van der Waals surface area contributed by atoms with Crippen LogP contribution in [-0.2, 0) is 18.3 Å². The number of fused-ring (bicyclic) bond motifs is 6. The van der Waals surface area contributed by atoms with Gasteiger partial charge in [0.05, 0.1) is 11.8 Å². The Bertz CT molecular complexity index is 869. The van der Waals surface area contributed by atoms with E-state index in [-0.39, 0.29) is 11.5 Å². The molecule has 0 spiro atoms. The molecule has 1 heterocycles. The Morgan fingerprint density at radius 1 is 1.26 bits per heavy atom. The number of hydrogen-bond donors (Lipinski definition) is 1. The molecule has 4 nitrogen and oxygen atoms in total. The molecule has 4 heteroatoms. The molecule has 0 aliphatic heterocycles. The van der Waals surface area contributed by atoms with Crippen LogP contribution in [0.4, 0.5) is 0 Å². The Morgan fingerprint density at radius 2 is 2.00 bits per heavy atom. The van der Waals surface area contributed by atoms with Gasteiger partial charge in [0.1, 0.15) is 6.29 Å². The number of aldehydes is 1. The van der Waals surface area contributed by atoms with Gasteiger partial charge in [-0.15, -0.1) is 0 Å². The lowest BCUT2D eigenvalue weighted by Gasteiger charge is -2.61. The number of rotatable bonds is 2. The lowest BCUT2D eigenvalue weighted by Crippen LogP contribution is -2.57. The molecule has 0 radical (unpaired) electrons. The first kappa shape index (κ1) is 22.8. The van der Waals surface area contributed by atoms with Crippen LogP contribution >= 0.6 is 0 Å². The van der Waals surface area contributed by atoms with Crippen molar-refractivity contribution < 1.29 is 9.90 Å². The number of carbonyl (C=O) groups is 1. The molecule has 172 valence electrons. The summed E-state index contributed by atoms with van der Waals surface area (Å²) in [7, 11) is 2.02. The first-order valence-corrected chi connectivity index (χ1v) is 12.4. The van der Waals surface area contributed by atoms with Crippen molar-refractivity contribution in [3.8, 4) is 0 Å². The van der Waals surface area contributed by atoms with Gasteiger partial charge in [-0.05, 0) is 90.6 Å². The van der Waals surface area contributed by atoms with Gasteiger partial charge >= 0.3 is 0 Å². The van der Waals surface area contributed by atoms with Gasteiger partial charge in [0.2, 0.25) is 0 Å².